The fourth-order valence-electron chi connectivity index (χ4n) is 2.32. The van der Waals surface area contributed by atoms with Gasteiger partial charge in [0.25, 0.3) is 0 Å². The number of aliphatic hydroxyl groups is 1. The first kappa shape index (κ1) is 13.1. The molecule has 2 atom stereocenters. The minimum atomic E-state index is -0.398. The molecule has 1 aliphatic heterocycles. The highest BCUT2D eigenvalue weighted by Crippen LogP contribution is 2.19. The summed E-state index contributed by atoms with van der Waals surface area (Å²) in [6.45, 7) is 4.48. The molecule has 1 aliphatic carbocycles. The van der Waals surface area contributed by atoms with E-state index in [1.54, 1.807) is 6.08 Å². The second-order valence-electron chi connectivity index (χ2n) is 5.25. The van der Waals surface area contributed by atoms with Crippen molar-refractivity contribution in [3.05, 3.63) is 11.6 Å². The highest BCUT2D eigenvalue weighted by Gasteiger charge is 2.28. The molecule has 2 rings (SSSR count). The molecule has 0 spiro atoms. The van der Waals surface area contributed by atoms with Crippen LogP contribution >= 0.6 is 0 Å². The van der Waals surface area contributed by atoms with Crippen molar-refractivity contribution < 1.29 is 9.90 Å². The lowest BCUT2D eigenvalue weighted by atomic mass is 10.2. The molecule has 0 aromatic rings. The van der Waals surface area contributed by atoms with Crippen LogP contribution in [-0.4, -0.2) is 41.6 Å². The van der Waals surface area contributed by atoms with Crippen molar-refractivity contribution in [1.82, 2.24) is 10.6 Å². The first-order valence-corrected chi connectivity index (χ1v) is 6.56. The summed E-state index contributed by atoms with van der Waals surface area (Å²) in [4.78, 5) is 16.2. The summed E-state index contributed by atoms with van der Waals surface area (Å²) < 4.78 is 0. The van der Waals surface area contributed by atoms with Crippen molar-refractivity contribution in [1.29, 1.82) is 0 Å². The number of carbonyl (C=O) groups excluding carboxylic acids is 1. The Hall–Kier alpha value is -1.36. The zero-order chi connectivity index (χ0) is 13.1. The van der Waals surface area contributed by atoms with Crippen LogP contribution in [0.3, 0.4) is 0 Å². The molecule has 0 aromatic carbocycles. The summed E-state index contributed by atoms with van der Waals surface area (Å²) in [5.41, 5.74) is 0.664. The Morgan fingerprint density at radius 3 is 2.89 bits per heavy atom. The van der Waals surface area contributed by atoms with Crippen LogP contribution in [0.4, 0.5) is 0 Å². The molecule has 3 N–H and O–H groups in total. The van der Waals surface area contributed by atoms with Crippen LogP contribution in [0.15, 0.2) is 16.6 Å². The maximum atomic E-state index is 12.0. The fourth-order valence-corrected chi connectivity index (χ4v) is 2.32. The first-order chi connectivity index (χ1) is 8.56. The van der Waals surface area contributed by atoms with E-state index in [4.69, 9.17) is 0 Å². The first-order valence-electron chi connectivity index (χ1n) is 6.56. The lowest BCUT2D eigenvalue weighted by Crippen LogP contribution is -2.40. The SMILES string of the molecule is CC(C)NC1=NCC(C(=O)N[C@@H]2CCC[C@@H]2O)=C1. The number of aliphatic imine (C=N–C) groups is 1. The molecule has 1 heterocycles. The average Bonchev–Trinajstić information content (AvgIpc) is 2.88. The van der Waals surface area contributed by atoms with Gasteiger partial charge in [0.05, 0.1) is 18.7 Å². The highest BCUT2D eigenvalue weighted by molar-refractivity contribution is 6.06. The number of amidine groups is 1. The van der Waals surface area contributed by atoms with Gasteiger partial charge in [0, 0.05) is 11.6 Å². The van der Waals surface area contributed by atoms with Gasteiger partial charge in [-0.15, -0.1) is 0 Å². The standard InChI is InChI=1S/C13H21N3O2/c1-8(2)15-12-6-9(7-14-12)13(18)16-10-4-3-5-11(10)17/h6,8,10-11,17H,3-5,7H2,1-2H3,(H,14,15)(H,16,18)/t10-,11+/m1/s1. The number of nitrogens with zero attached hydrogens (tertiary/aromatic N) is 1. The Labute approximate surface area is 107 Å². The van der Waals surface area contributed by atoms with Gasteiger partial charge in [-0.05, 0) is 39.2 Å². The van der Waals surface area contributed by atoms with E-state index in [0.29, 0.717) is 18.2 Å². The van der Waals surface area contributed by atoms with E-state index in [2.05, 4.69) is 15.6 Å². The van der Waals surface area contributed by atoms with E-state index >= 15 is 0 Å². The van der Waals surface area contributed by atoms with Crippen molar-refractivity contribution in [2.45, 2.75) is 51.3 Å². The van der Waals surface area contributed by atoms with Crippen molar-refractivity contribution in [2.75, 3.05) is 6.54 Å². The Balaban J connectivity index is 1.87. The van der Waals surface area contributed by atoms with Gasteiger partial charge in [-0.2, -0.15) is 0 Å². The monoisotopic (exact) mass is 251 g/mol. The van der Waals surface area contributed by atoms with Gasteiger partial charge >= 0.3 is 0 Å². The number of aliphatic hydroxyl groups excluding tert-OH is 1. The molecule has 2 aliphatic rings. The minimum Gasteiger partial charge on any atom is -0.391 e. The van der Waals surface area contributed by atoms with Crippen molar-refractivity contribution in [3.63, 3.8) is 0 Å². The van der Waals surface area contributed by atoms with E-state index in [0.717, 1.165) is 25.1 Å². The number of hydrogen-bond donors (Lipinski definition) is 3. The molecule has 5 nitrogen and oxygen atoms in total. The molecule has 5 heteroatoms. The van der Waals surface area contributed by atoms with E-state index in [1.807, 2.05) is 13.8 Å². The molecular weight excluding hydrogens is 230 g/mol. The van der Waals surface area contributed by atoms with Gasteiger partial charge in [0.1, 0.15) is 5.84 Å². The summed E-state index contributed by atoms with van der Waals surface area (Å²) >= 11 is 0. The largest absolute Gasteiger partial charge is 0.391 e. The van der Waals surface area contributed by atoms with Gasteiger partial charge < -0.3 is 15.7 Å². The van der Waals surface area contributed by atoms with E-state index in [1.165, 1.54) is 0 Å². The lowest BCUT2D eigenvalue weighted by molar-refractivity contribution is -0.118. The van der Waals surface area contributed by atoms with Crippen molar-refractivity contribution in [2.24, 2.45) is 4.99 Å². The number of rotatable bonds is 3. The number of amides is 1. The smallest absolute Gasteiger partial charge is 0.249 e. The zero-order valence-corrected chi connectivity index (χ0v) is 10.9. The predicted molar refractivity (Wildman–Crippen MR) is 70.4 cm³/mol. The third-order valence-electron chi connectivity index (χ3n) is 3.25. The maximum Gasteiger partial charge on any atom is 0.249 e. The van der Waals surface area contributed by atoms with Crippen molar-refractivity contribution >= 4 is 11.7 Å². The van der Waals surface area contributed by atoms with Gasteiger partial charge in [0.15, 0.2) is 0 Å². The third-order valence-corrected chi connectivity index (χ3v) is 3.25. The van der Waals surface area contributed by atoms with Crippen LogP contribution in [0.1, 0.15) is 33.1 Å². The molecule has 0 bridgehead atoms. The summed E-state index contributed by atoms with van der Waals surface area (Å²) in [6, 6.07) is 0.208. The third kappa shape index (κ3) is 3.10. The summed E-state index contributed by atoms with van der Waals surface area (Å²) in [6.07, 6.45) is 4.00. The van der Waals surface area contributed by atoms with Crippen LogP contribution < -0.4 is 10.6 Å². The molecule has 0 unspecified atom stereocenters. The lowest BCUT2D eigenvalue weighted by Gasteiger charge is -2.16. The predicted octanol–water partition coefficient (Wildman–Crippen LogP) is 0.352. The Morgan fingerprint density at radius 2 is 2.28 bits per heavy atom. The van der Waals surface area contributed by atoms with Gasteiger partial charge in [-0.3, -0.25) is 9.79 Å². The number of carbonyl (C=O) groups is 1. The molecule has 0 saturated heterocycles. The molecule has 1 fully saturated rings. The fraction of sp³-hybridized carbons (Fsp3) is 0.692. The Bertz CT molecular complexity index is 388. The summed E-state index contributed by atoms with van der Waals surface area (Å²) in [7, 11) is 0. The van der Waals surface area contributed by atoms with E-state index in [-0.39, 0.29) is 11.9 Å². The van der Waals surface area contributed by atoms with Crippen LogP contribution in [0.5, 0.6) is 0 Å². The molecule has 1 saturated carbocycles. The highest BCUT2D eigenvalue weighted by atomic mass is 16.3. The maximum absolute atomic E-state index is 12.0. The zero-order valence-electron chi connectivity index (χ0n) is 10.9. The minimum absolute atomic E-state index is 0.0968. The summed E-state index contributed by atoms with van der Waals surface area (Å²) in [5.74, 6) is 0.660. The van der Waals surface area contributed by atoms with Crippen LogP contribution in [0.2, 0.25) is 0 Å². The molecule has 0 radical (unpaired) electrons. The molecule has 100 valence electrons. The molecule has 1 amide bonds. The van der Waals surface area contributed by atoms with E-state index < -0.39 is 6.10 Å². The number of nitrogens with one attached hydrogen (secondary N) is 2. The van der Waals surface area contributed by atoms with Gasteiger partial charge in [-0.1, -0.05) is 0 Å². The van der Waals surface area contributed by atoms with Crippen LogP contribution in [-0.2, 0) is 4.79 Å². The Morgan fingerprint density at radius 1 is 1.50 bits per heavy atom. The molecule has 18 heavy (non-hydrogen) atoms. The quantitative estimate of drug-likeness (QED) is 0.677. The second kappa shape index (κ2) is 5.52. The van der Waals surface area contributed by atoms with Gasteiger partial charge in [-0.25, -0.2) is 0 Å². The molecule has 0 aromatic heterocycles. The van der Waals surface area contributed by atoms with Crippen LogP contribution in [0, 0.1) is 0 Å². The summed E-state index contributed by atoms with van der Waals surface area (Å²) in [5, 5.41) is 15.7. The van der Waals surface area contributed by atoms with E-state index in [9.17, 15) is 9.90 Å². The average molecular weight is 251 g/mol. The van der Waals surface area contributed by atoms with Crippen molar-refractivity contribution in [3.8, 4) is 0 Å². The van der Waals surface area contributed by atoms with Gasteiger partial charge in [0.2, 0.25) is 5.91 Å². The van der Waals surface area contributed by atoms with Crippen LogP contribution in [0.25, 0.3) is 0 Å². The molecular formula is C13H21N3O2. The normalized spacial score (nSPS) is 27.1. The topological polar surface area (TPSA) is 73.7 Å². The number of hydrogen-bond acceptors (Lipinski definition) is 4. The second-order valence-corrected chi connectivity index (χ2v) is 5.25. The Kier molecular flexibility index (Phi) is 4.01.